The van der Waals surface area contributed by atoms with Gasteiger partial charge in [0, 0.05) is 40.8 Å². The highest BCUT2D eigenvalue weighted by molar-refractivity contribution is 5.95. The van der Waals surface area contributed by atoms with E-state index in [0.29, 0.717) is 22.6 Å². The smallest absolute Gasteiger partial charge is 0.251 e. The molecule has 0 bridgehead atoms. The summed E-state index contributed by atoms with van der Waals surface area (Å²) >= 11 is 0. The number of carbonyl (C=O) groups excluding carboxylic acids is 1. The van der Waals surface area contributed by atoms with Crippen LogP contribution in [0.4, 0.5) is 0 Å². The Morgan fingerprint density at radius 1 is 0.935 bits per heavy atom. The van der Waals surface area contributed by atoms with E-state index in [1.54, 1.807) is 18.5 Å². The number of aromatic nitrogens is 3. The maximum Gasteiger partial charge on any atom is 0.251 e. The zero-order valence-corrected chi connectivity index (χ0v) is 17.0. The van der Waals surface area contributed by atoms with Crippen molar-refractivity contribution in [3.05, 3.63) is 82.8 Å². The molecular formula is C25H22N4O2. The average Bonchev–Trinajstić information content (AvgIpc) is 3.43. The Morgan fingerprint density at radius 2 is 1.74 bits per heavy atom. The molecule has 0 unspecified atom stereocenters. The fourth-order valence-electron chi connectivity index (χ4n) is 4.11. The number of aromatic amines is 1. The summed E-state index contributed by atoms with van der Waals surface area (Å²) in [7, 11) is 0. The molecule has 1 aromatic carbocycles. The first-order valence-electron chi connectivity index (χ1n) is 10.5. The average molecular weight is 410 g/mol. The van der Waals surface area contributed by atoms with Crippen LogP contribution < -0.4 is 10.7 Å². The predicted octanol–water partition coefficient (Wildman–Crippen LogP) is 4.32. The minimum atomic E-state index is -0.0734. The van der Waals surface area contributed by atoms with Crippen LogP contribution in [0.3, 0.4) is 0 Å². The third-order valence-corrected chi connectivity index (χ3v) is 5.80. The molecule has 0 saturated heterocycles. The van der Waals surface area contributed by atoms with Gasteiger partial charge in [-0.05, 0) is 55.3 Å². The van der Waals surface area contributed by atoms with Crippen molar-refractivity contribution in [3.63, 3.8) is 0 Å². The second-order valence-corrected chi connectivity index (χ2v) is 7.91. The maximum atomic E-state index is 12.5. The second-order valence-electron chi connectivity index (χ2n) is 7.91. The van der Waals surface area contributed by atoms with E-state index < -0.39 is 0 Å². The standard InChI is InChI=1S/C25H22N4O2/c30-23-6-3-12-27-24-20(23)15-22(29-24)18-11-13-26-21(14-18)16-7-9-17(10-8-16)25(31)28-19-4-1-2-5-19/h3,6-15,19,29H,1-2,4-5H2,(H,28,31). The van der Waals surface area contributed by atoms with E-state index in [9.17, 15) is 9.59 Å². The molecule has 2 N–H and O–H groups in total. The van der Waals surface area contributed by atoms with Crippen LogP contribution in [0.25, 0.3) is 33.5 Å². The molecule has 6 heteroatoms. The summed E-state index contributed by atoms with van der Waals surface area (Å²) in [5.74, 6) is -0.0210. The van der Waals surface area contributed by atoms with Crippen molar-refractivity contribution in [1.82, 2.24) is 20.3 Å². The number of pyridine rings is 1. The third-order valence-electron chi connectivity index (χ3n) is 5.80. The van der Waals surface area contributed by atoms with Gasteiger partial charge in [-0.3, -0.25) is 14.6 Å². The van der Waals surface area contributed by atoms with Gasteiger partial charge in [0.15, 0.2) is 5.43 Å². The quantitative estimate of drug-likeness (QED) is 0.524. The number of hydrogen-bond acceptors (Lipinski definition) is 4. The summed E-state index contributed by atoms with van der Waals surface area (Å²) in [4.78, 5) is 36.6. The van der Waals surface area contributed by atoms with Crippen LogP contribution in [-0.2, 0) is 0 Å². The molecule has 1 aliphatic carbocycles. The van der Waals surface area contributed by atoms with Crippen molar-refractivity contribution in [2.24, 2.45) is 0 Å². The monoisotopic (exact) mass is 410 g/mol. The van der Waals surface area contributed by atoms with Crippen LogP contribution in [0.2, 0.25) is 0 Å². The molecular weight excluding hydrogens is 388 g/mol. The van der Waals surface area contributed by atoms with E-state index in [-0.39, 0.29) is 11.3 Å². The lowest BCUT2D eigenvalue weighted by molar-refractivity contribution is 0.0938. The van der Waals surface area contributed by atoms with Gasteiger partial charge in [-0.25, -0.2) is 4.98 Å². The van der Waals surface area contributed by atoms with E-state index in [1.165, 1.54) is 18.9 Å². The normalized spacial score (nSPS) is 14.1. The van der Waals surface area contributed by atoms with Gasteiger partial charge in [0.25, 0.3) is 5.91 Å². The summed E-state index contributed by atoms with van der Waals surface area (Å²) in [6.07, 6.45) is 7.85. The molecule has 0 aliphatic heterocycles. The van der Waals surface area contributed by atoms with Crippen LogP contribution in [-0.4, -0.2) is 26.9 Å². The van der Waals surface area contributed by atoms with Crippen LogP contribution in [0, 0.1) is 0 Å². The molecule has 31 heavy (non-hydrogen) atoms. The molecule has 1 aliphatic rings. The number of H-pyrrole nitrogens is 1. The molecule has 1 saturated carbocycles. The fourth-order valence-corrected chi connectivity index (χ4v) is 4.11. The van der Waals surface area contributed by atoms with E-state index >= 15 is 0 Å². The lowest BCUT2D eigenvalue weighted by Gasteiger charge is -2.12. The number of benzene rings is 1. The molecule has 0 atom stereocenters. The van der Waals surface area contributed by atoms with Gasteiger partial charge in [-0.15, -0.1) is 0 Å². The molecule has 3 heterocycles. The van der Waals surface area contributed by atoms with Gasteiger partial charge < -0.3 is 10.3 Å². The van der Waals surface area contributed by atoms with Crippen molar-refractivity contribution in [2.75, 3.05) is 0 Å². The Labute approximate surface area is 179 Å². The number of nitrogens with one attached hydrogen (secondary N) is 2. The Morgan fingerprint density at radius 3 is 2.55 bits per heavy atom. The van der Waals surface area contributed by atoms with E-state index in [2.05, 4.69) is 20.3 Å². The van der Waals surface area contributed by atoms with Crippen LogP contribution in [0.15, 0.2) is 71.8 Å². The summed E-state index contributed by atoms with van der Waals surface area (Å²) in [5.41, 5.74) is 4.57. The molecule has 0 radical (unpaired) electrons. The van der Waals surface area contributed by atoms with Crippen molar-refractivity contribution in [2.45, 2.75) is 31.7 Å². The van der Waals surface area contributed by atoms with Gasteiger partial charge in [-0.1, -0.05) is 25.0 Å². The lowest BCUT2D eigenvalue weighted by Crippen LogP contribution is -2.32. The van der Waals surface area contributed by atoms with E-state index in [0.717, 1.165) is 35.4 Å². The van der Waals surface area contributed by atoms with Crippen LogP contribution >= 0.6 is 0 Å². The lowest BCUT2D eigenvalue weighted by atomic mass is 10.1. The van der Waals surface area contributed by atoms with Crippen molar-refractivity contribution in [1.29, 1.82) is 0 Å². The minimum Gasteiger partial charge on any atom is -0.349 e. The first-order chi connectivity index (χ1) is 15.2. The Bertz CT molecular complexity index is 1310. The predicted molar refractivity (Wildman–Crippen MR) is 121 cm³/mol. The SMILES string of the molecule is O=C(NC1CCCC1)c1ccc(-c2cc(-c3cc4c(=O)cccnc4[nH]3)ccn2)cc1. The number of nitrogens with zero attached hydrogens (tertiary/aromatic N) is 2. The topological polar surface area (TPSA) is 87.7 Å². The highest BCUT2D eigenvalue weighted by Gasteiger charge is 2.18. The first-order valence-corrected chi connectivity index (χ1v) is 10.5. The Balaban J connectivity index is 1.41. The molecule has 6 nitrogen and oxygen atoms in total. The highest BCUT2D eigenvalue weighted by atomic mass is 16.1. The summed E-state index contributed by atoms with van der Waals surface area (Å²) in [5, 5.41) is 3.67. The van der Waals surface area contributed by atoms with Gasteiger partial charge in [0.2, 0.25) is 0 Å². The molecule has 4 aromatic rings. The van der Waals surface area contributed by atoms with Crippen molar-refractivity contribution in [3.8, 4) is 22.5 Å². The zero-order valence-electron chi connectivity index (χ0n) is 17.0. The zero-order chi connectivity index (χ0) is 21.2. The maximum absolute atomic E-state index is 12.5. The fraction of sp³-hybridized carbons (Fsp3) is 0.200. The summed E-state index contributed by atoms with van der Waals surface area (Å²) in [6, 6.07) is 16.6. The summed E-state index contributed by atoms with van der Waals surface area (Å²) < 4.78 is 0. The Hall–Kier alpha value is -3.80. The second kappa shape index (κ2) is 8.14. The number of carbonyl (C=O) groups is 1. The molecule has 154 valence electrons. The van der Waals surface area contributed by atoms with Crippen molar-refractivity contribution < 1.29 is 4.79 Å². The van der Waals surface area contributed by atoms with Gasteiger partial charge in [0.1, 0.15) is 5.65 Å². The van der Waals surface area contributed by atoms with Gasteiger partial charge in [-0.2, -0.15) is 0 Å². The van der Waals surface area contributed by atoms with Crippen LogP contribution in [0.5, 0.6) is 0 Å². The van der Waals surface area contributed by atoms with Crippen LogP contribution in [0.1, 0.15) is 36.0 Å². The Kier molecular flexibility index (Phi) is 5.04. The first kappa shape index (κ1) is 19.2. The van der Waals surface area contributed by atoms with Gasteiger partial charge >= 0.3 is 0 Å². The number of rotatable bonds is 4. The number of hydrogen-bond donors (Lipinski definition) is 2. The molecule has 5 rings (SSSR count). The molecule has 3 aromatic heterocycles. The molecule has 1 fully saturated rings. The molecule has 0 spiro atoms. The van der Waals surface area contributed by atoms with E-state index in [1.807, 2.05) is 42.5 Å². The van der Waals surface area contributed by atoms with E-state index in [4.69, 9.17) is 0 Å². The highest BCUT2D eigenvalue weighted by Crippen LogP contribution is 2.26. The third kappa shape index (κ3) is 3.97. The number of amides is 1. The van der Waals surface area contributed by atoms with Gasteiger partial charge in [0.05, 0.1) is 11.1 Å². The molecule has 1 amide bonds. The number of fused-ring (bicyclic) bond motifs is 1. The minimum absolute atomic E-state index is 0.0210. The summed E-state index contributed by atoms with van der Waals surface area (Å²) in [6.45, 7) is 0. The largest absolute Gasteiger partial charge is 0.349 e. The van der Waals surface area contributed by atoms with Crippen molar-refractivity contribution >= 4 is 16.9 Å².